The summed E-state index contributed by atoms with van der Waals surface area (Å²) >= 11 is 0. The first-order valence-corrected chi connectivity index (χ1v) is 5.80. The third-order valence-corrected chi connectivity index (χ3v) is 2.93. The third-order valence-electron chi connectivity index (χ3n) is 2.93. The highest BCUT2D eigenvalue weighted by Gasteiger charge is 2.34. The van der Waals surface area contributed by atoms with Crippen LogP contribution in [0.15, 0.2) is 22.7 Å². The van der Waals surface area contributed by atoms with Crippen LogP contribution in [-0.4, -0.2) is 37.5 Å². The molecule has 0 aromatic rings. The molecular weight excluding hydrogens is 236 g/mol. The maximum absolute atomic E-state index is 12.1. The molecule has 0 heterocycles. The molecule has 0 bridgehead atoms. The normalized spacial score (nSPS) is 16.4. The lowest BCUT2D eigenvalue weighted by Gasteiger charge is -2.20. The molecule has 5 nitrogen and oxygen atoms in total. The minimum Gasteiger partial charge on any atom is -0.489 e. The van der Waals surface area contributed by atoms with Gasteiger partial charge >= 0.3 is 0 Å². The van der Waals surface area contributed by atoms with E-state index in [1.54, 1.807) is 6.92 Å². The first-order chi connectivity index (χ1) is 8.58. The summed E-state index contributed by atoms with van der Waals surface area (Å²) in [6, 6.07) is 0. The molecule has 0 aliphatic heterocycles. The monoisotopic (exact) mass is 254 g/mol. The number of Topliss-reactive ketones (excluding diaryl/α,β-unsaturated/α-hetero) is 2. The lowest BCUT2D eigenvalue weighted by Crippen LogP contribution is -2.25. The van der Waals surface area contributed by atoms with Crippen molar-refractivity contribution in [1.29, 1.82) is 0 Å². The summed E-state index contributed by atoms with van der Waals surface area (Å²) in [6.45, 7) is 1.69. The number of ketones is 2. The molecule has 1 aliphatic rings. The molecule has 1 N–H and O–H groups in total. The fourth-order valence-electron chi connectivity index (χ4n) is 1.91. The Bertz CT molecular complexity index is 417. The van der Waals surface area contributed by atoms with E-state index in [-0.39, 0.29) is 29.7 Å². The van der Waals surface area contributed by atoms with Crippen molar-refractivity contribution in [1.82, 2.24) is 0 Å². The standard InChI is InChI=1S/C13H18O5/c1-8-9(6-4-5-7-14)11(16)13(18-3)12(17-2)10(8)15/h14H,4-7H2,1-3H3. The molecule has 0 saturated carbocycles. The van der Waals surface area contributed by atoms with E-state index in [9.17, 15) is 9.59 Å². The van der Waals surface area contributed by atoms with Crippen LogP contribution in [0, 0.1) is 0 Å². The number of carbonyl (C=O) groups excluding carboxylic acids is 2. The summed E-state index contributed by atoms with van der Waals surface area (Å²) in [5.41, 5.74) is 0.849. The highest BCUT2D eigenvalue weighted by Crippen LogP contribution is 2.28. The molecule has 5 heteroatoms. The van der Waals surface area contributed by atoms with E-state index in [1.807, 2.05) is 0 Å². The van der Waals surface area contributed by atoms with Crippen LogP contribution in [0.25, 0.3) is 0 Å². The van der Waals surface area contributed by atoms with Crippen molar-refractivity contribution in [3.63, 3.8) is 0 Å². The summed E-state index contributed by atoms with van der Waals surface area (Å²) in [5.74, 6) is -0.685. The molecule has 1 rings (SSSR count). The van der Waals surface area contributed by atoms with Crippen LogP contribution in [0.5, 0.6) is 0 Å². The van der Waals surface area contributed by atoms with Gasteiger partial charge < -0.3 is 14.6 Å². The molecule has 100 valence electrons. The SMILES string of the molecule is COC1=C(OC)C(=O)C(CCCCO)=C(C)C1=O. The molecule has 0 unspecified atom stereocenters. The van der Waals surface area contributed by atoms with Crippen LogP contribution in [0.3, 0.4) is 0 Å². The second kappa shape index (κ2) is 6.35. The third kappa shape index (κ3) is 2.61. The van der Waals surface area contributed by atoms with Gasteiger partial charge in [-0.1, -0.05) is 0 Å². The second-order valence-corrected chi connectivity index (χ2v) is 4.01. The molecular formula is C13H18O5. The fourth-order valence-corrected chi connectivity index (χ4v) is 1.91. The van der Waals surface area contributed by atoms with Crippen molar-refractivity contribution >= 4 is 11.6 Å². The molecule has 0 radical (unpaired) electrons. The Morgan fingerprint density at radius 3 is 2.06 bits per heavy atom. The number of ether oxygens (including phenoxy) is 2. The van der Waals surface area contributed by atoms with Gasteiger partial charge in [-0.25, -0.2) is 0 Å². The lowest BCUT2D eigenvalue weighted by molar-refractivity contribution is -0.121. The van der Waals surface area contributed by atoms with Crippen LogP contribution in [0.4, 0.5) is 0 Å². The van der Waals surface area contributed by atoms with Crippen LogP contribution in [0.1, 0.15) is 26.2 Å². The van der Waals surface area contributed by atoms with Gasteiger partial charge in [-0.15, -0.1) is 0 Å². The zero-order valence-electron chi connectivity index (χ0n) is 10.9. The Hall–Kier alpha value is -1.62. The van der Waals surface area contributed by atoms with Crippen LogP contribution in [0.2, 0.25) is 0 Å². The van der Waals surface area contributed by atoms with Crippen molar-refractivity contribution in [2.75, 3.05) is 20.8 Å². The molecule has 0 spiro atoms. The van der Waals surface area contributed by atoms with Gasteiger partial charge in [0.25, 0.3) is 0 Å². The molecule has 0 aromatic heterocycles. The number of hydrogen-bond donors (Lipinski definition) is 1. The molecule has 1 aliphatic carbocycles. The Morgan fingerprint density at radius 2 is 1.56 bits per heavy atom. The maximum Gasteiger partial charge on any atom is 0.228 e. The number of allylic oxidation sites excluding steroid dienone is 2. The van der Waals surface area contributed by atoms with Crippen molar-refractivity contribution < 1.29 is 24.2 Å². The van der Waals surface area contributed by atoms with Gasteiger partial charge in [0, 0.05) is 17.8 Å². The lowest BCUT2D eigenvalue weighted by atomic mass is 9.90. The van der Waals surface area contributed by atoms with Gasteiger partial charge in [0.2, 0.25) is 23.1 Å². The zero-order chi connectivity index (χ0) is 13.7. The minimum absolute atomic E-state index is 0.0351. The number of unbranched alkanes of at least 4 members (excludes halogenated alkanes) is 1. The minimum atomic E-state index is -0.312. The van der Waals surface area contributed by atoms with E-state index in [0.717, 1.165) is 0 Å². The first-order valence-electron chi connectivity index (χ1n) is 5.80. The van der Waals surface area contributed by atoms with Crippen molar-refractivity contribution in [2.45, 2.75) is 26.2 Å². The zero-order valence-corrected chi connectivity index (χ0v) is 10.9. The number of aliphatic hydroxyl groups is 1. The predicted molar refractivity (Wildman–Crippen MR) is 64.7 cm³/mol. The number of rotatable bonds is 6. The Balaban J connectivity index is 3.02. The fraction of sp³-hybridized carbons (Fsp3) is 0.538. The maximum atomic E-state index is 12.1. The van der Waals surface area contributed by atoms with Crippen LogP contribution < -0.4 is 0 Å². The summed E-state index contributed by atoms with van der Waals surface area (Å²) in [5, 5.41) is 8.74. The Kier molecular flexibility index (Phi) is 5.09. The van der Waals surface area contributed by atoms with Gasteiger partial charge in [-0.2, -0.15) is 0 Å². The van der Waals surface area contributed by atoms with E-state index in [0.29, 0.717) is 30.4 Å². The van der Waals surface area contributed by atoms with Gasteiger partial charge in [-0.05, 0) is 26.2 Å². The smallest absolute Gasteiger partial charge is 0.228 e. The molecule has 0 saturated heterocycles. The predicted octanol–water partition coefficient (Wildman–Crippen LogP) is 1.12. The quantitative estimate of drug-likeness (QED) is 0.568. The first kappa shape index (κ1) is 14.4. The topological polar surface area (TPSA) is 72.8 Å². The molecule has 0 amide bonds. The summed E-state index contributed by atoms with van der Waals surface area (Å²) in [7, 11) is 2.68. The Labute approximate surface area is 106 Å². The summed E-state index contributed by atoms with van der Waals surface area (Å²) < 4.78 is 9.89. The molecule has 18 heavy (non-hydrogen) atoms. The van der Waals surface area contributed by atoms with Gasteiger partial charge in [-0.3, -0.25) is 9.59 Å². The van der Waals surface area contributed by atoms with Gasteiger partial charge in [0.05, 0.1) is 14.2 Å². The van der Waals surface area contributed by atoms with Crippen LogP contribution in [-0.2, 0) is 19.1 Å². The van der Waals surface area contributed by atoms with E-state index < -0.39 is 0 Å². The molecule has 0 aromatic carbocycles. The van der Waals surface area contributed by atoms with Crippen molar-refractivity contribution in [3.8, 4) is 0 Å². The van der Waals surface area contributed by atoms with E-state index in [1.165, 1.54) is 14.2 Å². The van der Waals surface area contributed by atoms with Crippen LogP contribution >= 0.6 is 0 Å². The number of aliphatic hydroxyl groups excluding tert-OH is 1. The summed E-state index contributed by atoms with van der Waals surface area (Å²) in [4.78, 5) is 24.1. The van der Waals surface area contributed by atoms with Gasteiger partial charge in [0.15, 0.2) is 0 Å². The highest BCUT2D eigenvalue weighted by molar-refractivity contribution is 6.23. The second-order valence-electron chi connectivity index (χ2n) is 4.01. The van der Waals surface area contributed by atoms with E-state index >= 15 is 0 Å². The number of hydrogen-bond acceptors (Lipinski definition) is 5. The van der Waals surface area contributed by atoms with E-state index in [4.69, 9.17) is 14.6 Å². The van der Waals surface area contributed by atoms with Crippen molar-refractivity contribution in [2.24, 2.45) is 0 Å². The average molecular weight is 254 g/mol. The molecule has 0 fully saturated rings. The Morgan fingerprint density at radius 1 is 1.00 bits per heavy atom. The molecule has 0 atom stereocenters. The largest absolute Gasteiger partial charge is 0.489 e. The number of methoxy groups -OCH3 is 2. The average Bonchev–Trinajstić information content (AvgIpc) is 2.37. The number of carbonyl (C=O) groups is 2. The summed E-state index contributed by atoms with van der Waals surface area (Å²) in [6.07, 6.45) is 1.71. The van der Waals surface area contributed by atoms with Gasteiger partial charge in [0.1, 0.15) is 0 Å². The van der Waals surface area contributed by atoms with E-state index in [2.05, 4.69) is 0 Å². The van der Waals surface area contributed by atoms with Crippen molar-refractivity contribution in [3.05, 3.63) is 22.7 Å². The highest BCUT2D eigenvalue weighted by atomic mass is 16.5.